The molecule has 1 aliphatic heterocycles. The number of carbonyl (C=O) groups excluding carboxylic acids is 2. The fraction of sp³-hybridized carbons (Fsp3) is 0.429. The Hall–Kier alpha value is -2.39. The largest absolute Gasteiger partial charge is 0.466 e. The van der Waals surface area contributed by atoms with Crippen molar-refractivity contribution in [2.75, 3.05) is 19.7 Å². The van der Waals surface area contributed by atoms with Gasteiger partial charge in [-0.05, 0) is 38.3 Å². The van der Waals surface area contributed by atoms with Crippen molar-refractivity contribution in [1.29, 1.82) is 0 Å². The molecule has 3 heterocycles. The van der Waals surface area contributed by atoms with Gasteiger partial charge in [0.05, 0.1) is 18.3 Å². The Morgan fingerprint density at radius 2 is 2.23 bits per heavy atom. The molecule has 1 saturated heterocycles. The fourth-order valence-corrected chi connectivity index (χ4v) is 5.12. The zero-order valence-corrected chi connectivity index (χ0v) is 18.6. The summed E-state index contributed by atoms with van der Waals surface area (Å²) in [5, 5.41) is 3.21. The van der Waals surface area contributed by atoms with Crippen LogP contribution in [0.1, 0.15) is 40.8 Å². The van der Waals surface area contributed by atoms with Crippen molar-refractivity contribution in [3.63, 3.8) is 0 Å². The number of likely N-dealkylation sites (tertiary alicyclic amines) is 1. The zero-order valence-electron chi connectivity index (χ0n) is 16.9. The molecule has 158 valence electrons. The maximum absolute atomic E-state index is 12.8. The molecule has 0 radical (unpaired) electrons. The number of nitrogens with zero attached hydrogens (tertiary/aromatic N) is 3. The summed E-state index contributed by atoms with van der Waals surface area (Å²) < 4.78 is 10.9. The summed E-state index contributed by atoms with van der Waals surface area (Å²) in [4.78, 5) is 35.6. The number of benzene rings is 1. The summed E-state index contributed by atoms with van der Waals surface area (Å²) in [5.74, 6) is -0.0261. The van der Waals surface area contributed by atoms with Crippen LogP contribution in [0.2, 0.25) is 0 Å². The van der Waals surface area contributed by atoms with E-state index in [-0.39, 0.29) is 17.8 Å². The van der Waals surface area contributed by atoms with Crippen molar-refractivity contribution in [1.82, 2.24) is 14.9 Å². The predicted molar refractivity (Wildman–Crippen MR) is 116 cm³/mol. The third-order valence-corrected chi connectivity index (χ3v) is 6.89. The van der Waals surface area contributed by atoms with Gasteiger partial charge in [0.25, 0.3) is 11.1 Å². The number of hydrogen-bond acceptors (Lipinski definition) is 8. The molecule has 0 aliphatic carbocycles. The molecule has 0 saturated carbocycles. The summed E-state index contributed by atoms with van der Waals surface area (Å²) >= 11 is 2.91. The van der Waals surface area contributed by atoms with E-state index in [1.54, 1.807) is 17.2 Å². The van der Waals surface area contributed by atoms with Gasteiger partial charge >= 0.3 is 5.97 Å². The highest BCUT2D eigenvalue weighted by Crippen LogP contribution is 2.29. The first-order chi connectivity index (χ1) is 14.5. The molecule has 1 aliphatic rings. The van der Waals surface area contributed by atoms with Gasteiger partial charge in [-0.2, -0.15) is 0 Å². The topological polar surface area (TPSA) is 85.5 Å². The first kappa shape index (κ1) is 20.9. The SMILES string of the molecule is CCOC(=O)C1CCCN(C(=O)c2csc(CSc3nc4c(C)cccc4o3)n2)C1. The molecular weight excluding hydrogens is 422 g/mol. The Bertz CT molecular complexity index is 1060. The Morgan fingerprint density at radius 1 is 1.37 bits per heavy atom. The van der Waals surface area contributed by atoms with Gasteiger partial charge < -0.3 is 14.1 Å². The smallest absolute Gasteiger partial charge is 0.310 e. The van der Waals surface area contributed by atoms with Crippen molar-refractivity contribution in [3.8, 4) is 0 Å². The van der Waals surface area contributed by atoms with E-state index in [1.165, 1.54) is 23.1 Å². The average Bonchev–Trinajstić information content (AvgIpc) is 3.39. The Morgan fingerprint density at radius 3 is 3.03 bits per heavy atom. The Labute approximate surface area is 182 Å². The van der Waals surface area contributed by atoms with Crippen LogP contribution in [-0.2, 0) is 15.3 Å². The molecule has 0 N–H and O–H groups in total. The normalized spacial score (nSPS) is 16.7. The van der Waals surface area contributed by atoms with Gasteiger partial charge in [0.1, 0.15) is 16.2 Å². The molecule has 0 spiro atoms. The third-order valence-electron chi connectivity index (χ3n) is 5.02. The number of aryl methyl sites for hydroxylation is 1. The number of carbonyl (C=O) groups is 2. The van der Waals surface area contributed by atoms with Crippen LogP contribution in [0.25, 0.3) is 11.1 Å². The van der Waals surface area contributed by atoms with Crippen molar-refractivity contribution in [2.45, 2.75) is 37.7 Å². The lowest BCUT2D eigenvalue weighted by molar-refractivity contribution is -0.149. The van der Waals surface area contributed by atoms with Gasteiger partial charge in [-0.25, -0.2) is 9.97 Å². The number of esters is 1. The number of amides is 1. The number of hydrogen-bond donors (Lipinski definition) is 0. The van der Waals surface area contributed by atoms with Crippen molar-refractivity contribution < 1.29 is 18.7 Å². The van der Waals surface area contributed by atoms with Crippen molar-refractivity contribution in [3.05, 3.63) is 39.8 Å². The number of rotatable bonds is 6. The quantitative estimate of drug-likeness (QED) is 0.413. The second-order valence-corrected chi connectivity index (χ2v) is 9.03. The highest BCUT2D eigenvalue weighted by Gasteiger charge is 2.30. The van der Waals surface area contributed by atoms with E-state index in [2.05, 4.69) is 9.97 Å². The Kier molecular flexibility index (Phi) is 6.38. The van der Waals surface area contributed by atoms with E-state index in [0.29, 0.717) is 36.4 Å². The van der Waals surface area contributed by atoms with Crippen LogP contribution in [0.4, 0.5) is 0 Å². The molecule has 1 aromatic carbocycles. The van der Waals surface area contributed by atoms with Crippen LogP contribution >= 0.6 is 23.1 Å². The zero-order chi connectivity index (χ0) is 21.1. The molecule has 7 nitrogen and oxygen atoms in total. The number of oxazole rings is 1. The summed E-state index contributed by atoms with van der Waals surface area (Å²) in [6, 6.07) is 5.86. The minimum Gasteiger partial charge on any atom is -0.466 e. The van der Waals surface area contributed by atoms with Gasteiger partial charge in [-0.15, -0.1) is 11.3 Å². The van der Waals surface area contributed by atoms with Gasteiger partial charge in [0.15, 0.2) is 5.58 Å². The van der Waals surface area contributed by atoms with E-state index in [4.69, 9.17) is 9.15 Å². The molecule has 30 heavy (non-hydrogen) atoms. The van der Waals surface area contributed by atoms with Crippen molar-refractivity contribution in [2.24, 2.45) is 5.92 Å². The number of ether oxygens (including phenoxy) is 1. The second-order valence-electron chi connectivity index (χ2n) is 7.16. The van der Waals surface area contributed by atoms with Crippen LogP contribution in [0.3, 0.4) is 0 Å². The third kappa shape index (κ3) is 4.52. The highest BCUT2D eigenvalue weighted by atomic mass is 32.2. The molecule has 4 rings (SSSR count). The summed E-state index contributed by atoms with van der Waals surface area (Å²) in [5.41, 5.74) is 3.14. The predicted octanol–water partition coefficient (Wildman–Crippen LogP) is 4.30. The standard InChI is InChI=1S/C21H23N3O4S2/c1-3-27-20(26)14-7-5-9-24(10-14)19(25)15-11-29-17(22-15)12-30-21-23-18-13(2)6-4-8-16(18)28-21/h4,6,8,11,14H,3,5,7,9-10,12H2,1-2H3. The molecule has 2 aromatic heterocycles. The number of aromatic nitrogens is 2. The molecule has 1 atom stereocenters. The average molecular weight is 446 g/mol. The van der Waals surface area contributed by atoms with Gasteiger partial charge in [-0.1, -0.05) is 23.9 Å². The molecular formula is C21H23N3O4S2. The lowest BCUT2D eigenvalue weighted by Crippen LogP contribution is -2.43. The van der Waals surface area contributed by atoms with E-state index >= 15 is 0 Å². The van der Waals surface area contributed by atoms with Gasteiger partial charge in [0, 0.05) is 18.5 Å². The van der Waals surface area contributed by atoms with E-state index in [0.717, 1.165) is 34.5 Å². The molecule has 0 bridgehead atoms. The molecule has 1 fully saturated rings. The van der Waals surface area contributed by atoms with Crippen molar-refractivity contribution >= 4 is 46.1 Å². The van der Waals surface area contributed by atoms with E-state index in [1.807, 2.05) is 25.1 Å². The van der Waals surface area contributed by atoms with Crippen LogP contribution in [0, 0.1) is 12.8 Å². The first-order valence-electron chi connectivity index (χ1n) is 9.94. The number of fused-ring (bicyclic) bond motifs is 1. The lowest BCUT2D eigenvalue weighted by atomic mass is 9.98. The molecule has 1 amide bonds. The molecule has 9 heteroatoms. The second kappa shape index (κ2) is 9.18. The molecule has 3 aromatic rings. The lowest BCUT2D eigenvalue weighted by Gasteiger charge is -2.31. The van der Waals surface area contributed by atoms with E-state index in [9.17, 15) is 9.59 Å². The maximum Gasteiger partial charge on any atom is 0.310 e. The minimum atomic E-state index is -0.251. The highest BCUT2D eigenvalue weighted by molar-refractivity contribution is 7.98. The van der Waals surface area contributed by atoms with Crippen LogP contribution < -0.4 is 0 Å². The summed E-state index contributed by atoms with van der Waals surface area (Å²) in [7, 11) is 0. The Balaban J connectivity index is 1.37. The van der Waals surface area contributed by atoms with Crippen LogP contribution in [0.15, 0.2) is 33.2 Å². The van der Waals surface area contributed by atoms with Crippen LogP contribution in [0.5, 0.6) is 0 Å². The number of para-hydroxylation sites is 1. The van der Waals surface area contributed by atoms with Gasteiger partial charge in [0.2, 0.25) is 0 Å². The molecule has 1 unspecified atom stereocenters. The minimum absolute atomic E-state index is 0.131. The maximum atomic E-state index is 12.8. The summed E-state index contributed by atoms with van der Waals surface area (Å²) in [6.07, 6.45) is 1.55. The first-order valence-corrected chi connectivity index (χ1v) is 11.8. The van der Waals surface area contributed by atoms with E-state index < -0.39 is 0 Å². The number of thiazole rings is 1. The monoisotopic (exact) mass is 445 g/mol. The number of piperidine rings is 1. The van der Waals surface area contributed by atoms with Crippen LogP contribution in [-0.4, -0.2) is 46.4 Å². The summed E-state index contributed by atoms with van der Waals surface area (Å²) in [6.45, 7) is 5.18. The van der Waals surface area contributed by atoms with Gasteiger partial charge in [-0.3, -0.25) is 9.59 Å². The fourth-order valence-electron chi connectivity index (χ4n) is 3.50. The number of thioether (sulfide) groups is 1.